The van der Waals surface area contributed by atoms with E-state index in [0.717, 1.165) is 23.5 Å². The Morgan fingerprint density at radius 3 is 2.46 bits per heavy atom. The van der Waals surface area contributed by atoms with Crippen molar-refractivity contribution in [3.05, 3.63) is 65.0 Å². The van der Waals surface area contributed by atoms with Gasteiger partial charge in [-0.05, 0) is 36.8 Å². The van der Waals surface area contributed by atoms with Gasteiger partial charge in [0.15, 0.2) is 5.96 Å². The molecule has 128 valence electrons. The third kappa shape index (κ3) is 5.26. The van der Waals surface area contributed by atoms with E-state index in [4.69, 9.17) is 0 Å². The first-order chi connectivity index (χ1) is 11.4. The molecule has 0 spiro atoms. The maximum Gasteiger partial charge on any atom is 0.416 e. The number of nitrogens with one attached hydrogen (secondary N) is 2. The zero-order chi connectivity index (χ0) is 17.6. The van der Waals surface area contributed by atoms with Gasteiger partial charge >= 0.3 is 6.18 Å². The van der Waals surface area contributed by atoms with Crippen LogP contribution in [0.25, 0.3) is 0 Å². The zero-order valence-corrected chi connectivity index (χ0v) is 13.5. The summed E-state index contributed by atoms with van der Waals surface area (Å²) in [7, 11) is 1.60. The van der Waals surface area contributed by atoms with Crippen molar-refractivity contribution < 1.29 is 13.2 Å². The molecule has 0 amide bonds. The minimum atomic E-state index is -4.34. The van der Waals surface area contributed by atoms with E-state index in [2.05, 4.69) is 20.6 Å². The molecule has 0 atom stereocenters. The molecule has 24 heavy (non-hydrogen) atoms. The van der Waals surface area contributed by atoms with Crippen LogP contribution >= 0.6 is 0 Å². The number of rotatable bonds is 4. The summed E-state index contributed by atoms with van der Waals surface area (Å²) in [5.41, 5.74) is 1.65. The Labute approximate surface area is 138 Å². The fraction of sp³-hybridized carbons (Fsp3) is 0.294. The molecule has 2 aromatic rings. The van der Waals surface area contributed by atoms with Crippen molar-refractivity contribution in [2.75, 3.05) is 7.05 Å². The zero-order valence-electron chi connectivity index (χ0n) is 13.5. The summed E-state index contributed by atoms with van der Waals surface area (Å²) in [5, 5.41) is 6.08. The Balaban J connectivity index is 1.92. The van der Waals surface area contributed by atoms with Gasteiger partial charge in [0.2, 0.25) is 0 Å². The van der Waals surface area contributed by atoms with E-state index >= 15 is 0 Å². The summed E-state index contributed by atoms with van der Waals surface area (Å²) in [6.45, 7) is 2.62. The average Bonchev–Trinajstić information content (AvgIpc) is 2.54. The predicted octanol–water partition coefficient (Wildman–Crippen LogP) is 3.27. The second kappa shape index (κ2) is 7.81. The Morgan fingerprint density at radius 1 is 1.08 bits per heavy atom. The number of halogens is 3. The lowest BCUT2D eigenvalue weighted by Crippen LogP contribution is -2.36. The van der Waals surface area contributed by atoms with E-state index in [1.807, 2.05) is 25.1 Å². The Hall–Kier alpha value is -2.57. The lowest BCUT2D eigenvalue weighted by atomic mass is 10.1. The molecule has 1 aromatic heterocycles. The molecule has 0 saturated carbocycles. The van der Waals surface area contributed by atoms with E-state index in [1.165, 1.54) is 6.07 Å². The molecule has 1 heterocycles. The standard InChI is InChI=1S/C17H19F3N4/c1-12-5-3-8-15(24-12)11-23-16(21-2)22-10-13-6-4-7-14(9-13)17(18,19)20/h3-9H,10-11H2,1-2H3,(H2,21,22,23). The molecule has 4 nitrogen and oxygen atoms in total. The van der Waals surface area contributed by atoms with Gasteiger partial charge in [-0.25, -0.2) is 0 Å². The van der Waals surface area contributed by atoms with Gasteiger partial charge in [-0.15, -0.1) is 0 Å². The van der Waals surface area contributed by atoms with Crippen LogP contribution in [0.4, 0.5) is 13.2 Å². The molecule has 2 N–H and O–H groups in total. The van der Waals surface area contributed by atoms with Crippen molar-refractivity contribution in [1.82, 2.24) is 15.6 Å². The van der Waals surface area contributed by atoms with E-state index in [9.17, 15) is 13.2 Å². The fourth-order valence-corrected chi connectivity index (χ4v) is 2.14. The number of guanidine groups is 1. The maximum atomic E-state index is 12.7. The van der Waals surface area contributed by atoms with Crippen LogP contribution < -0.4 is 10.6 Å². The van der Waals surface area contributed by atoms with Gasteiger partial charge in [-0.1, -0.05) is 18.2 Å². The molecule has 0 radical (unpaired) electrons. The van der Waals surface area contributed by atoms with Crippen LogP contribution in [0, 0.1) is 6.92 Å². The van der Waals surface area contributed by atoms with Gasteiger partial charge < -0.3 is 10.6 Å². The highest BCUT2D eigenvalue weighted by Gasteiger charge is 2.30. The number of aromatic nitrogens is 1. The highest BCUT2D eigenvalue weighted by atomic mass is 19.4. The first kappa shape index (κ1) is 17.8. The Bertz CT molecular complexity index is 711. The number of hydrogen-bond acceptors (Lipinski definition) is 2. The van der Waals surface area contributed by atoms with Gasteiger partial charge in [0.25, 0.3) is 0 Å². The van der Waals surface area contributed by atoms with Crippen molar-refractivity contribution in [3.8, 4) is 0 Å². The lowest BCUT2D eigenvalue weighted by Gasteiger charge is -2.13. The van der Waals surface area contributed by atoms with Crippen molar-refractivity contribution in [1.29, 1.82) is 0 Å². The molecule has 0 aliphatic heterocycles. The molecule has 0 aliphatic rings. The van der Waals surface area contributed by atoms with Gasteiger partial charge in [0.05, 0.1) is 17.8 Å². The summed E-state index contributed by atoms with van der Waals surface area (Å²) in [6.07, 6.45) is -4.34. The summed E-state index contributed by atoms with van der Waals surface area (Å²) < 4.78 is 38.1. The second-order valence-electron chi connectivity index (χ2n) is 5.25. The second-order valence-corrected chi connectivity index (χ2v) is 5.25. The summed E-state index contributed by atoms with van der Waals surface area (Å²) in [6, 6.07) is 10.9. The van der Waals surface area contributed by atoms with Crippen LogP contribution in [0.1, 0.15) is 22.5 Å². The molecule has 0 unspecified atom stereocenters. The Kier molecular flexibility index (Phi) is 5.78. The van der Waals surface area contributed by atoms with Crippen LogP contribution in [0.2, 0.25) is 0 Å². The molecule has 0 bridgehead atoms. The quantitative estimate of drug-likeness (QED) is 0.665. The third-order valence-corrected chi connectivity index (χ3v) is 3.32. The van der Waals surface area contributed by atoms with Crippen LogP contribution in [-0.4, -0.2) is 18.0 Å². The predicted molar refractivity (Wildman–Crippen MR) is 87.5 cm³/mol. The number of alkyl halides is 3. The smallest absolute Gasteiger partial charge is 0.352 e. The van der Waals surface area contributed by atoms with E-state index in [1.54, 1.807) is 13.1 Å². The number of hydrogen-bond donors (Lipinski definition) is 2. The summed E-state index contributed by atoms with van der Waals surface area (Å²) >= 11 is 0. The fourth-order valence-electron chi connectivity index (χ4n) is 2.14. The molecule has 7 heteroatoms. The third-order valence-electron chi connectivity index (χ3n) is 3.32. The van der Waals surface area contributed by atoms with E-state index in [0.29, 0.717) is 18.1 Å². The van der Waals surface area contributed by atoms with Crippen LogP contribution in [-0.2, 0) is 19.3 Å². The lowest BCUT2D eigenvalue weighted by molar-refractivity contribution is -0.137. The van der Waals surface area contributed by atoms with Gasteiger partial charge in [0, 0.05) is 19.3 Å². The molecule has 0 fully saturated rings. The monoisotopic (exact) mass is 336 g/mol. The topological polar surface area (TPSA) is 49.3 Å². The molecular formula is C17H19F3N4. The first-order valence-corrected chi connectivity index (χ1v) is 7.41. The van der Waals surface area contributed by atoms with Crippen LogP contribution in [0.5, 0.6) is 0 Å². The van der Waals surface area contributed by atoms with Crippen LogP contribution in [0.3, 0.4) is 0 Å². The number of aliphatic imine (C=N–C) groups is 1. The summed E-state index contributed by atoms with van der Waals surface area (Å²) in [5.74, 6) is 0.496. The van der Waals surface area contributed by atoms with Crippen molar-refractivity contribution in [3.63, 3.8) is 0 Å². The van der Waals surface area contributed by atoms with Crippen LogP contribution in [0.15, 0.2) is 47.5 Å². The SMILES string of the molecule is CN=C(NCc1cccc(C(F)(F)F)c1)NCc1cccc(C)n1. The minimum Gasteiger partial charge on any atom is -0.352 e. The number of benzene rings is 1. The summed E-state index contributed by atoms with van der Waals surface area (Å²) in [4.78, 5) is 8.42. The van der Waals surface area contributed by atoms with E-state index < -0.39 is 11.7 Å². The first-order valence-electron chi connectivity index (χ1n) is 7.41. The largest absolute Gasteiger partial charge is 0.416 e. The molecule has 1 aromatic carbocycles. The highest BCUT2D eigenvalue weighted by molar-refractivity contribution is 5.79. The average molecular weight is 336 g/mol. The van der Waals surface area contributed by atoms with Crippen molar-refractivity contribution in [2.24, 2.45) is 4.99 Å². The number of aryl methyl sites for hydroxylation is 1. The van der Waals surface area contributed by atoms with Gasteiger partial charge in [0.1, 0.15) is 0 Å². The highest BCUT2D eigenvalue weighted by Crippen LogP contribution is 2.29. The van der Waals surface area contributed by atoms with Gasteiger partial charge in [-0.3, -0.25) is 9.98 Å². The van der Waals surface area contributed by atoms with E-state index in [-0.39, 0.29) is 6.54 Å². The van der Waals surface area contributed by atoms with Gasteiger partial charge in [-0.2, -0.15) is 13.2 Å². The molecule has 0 saturated heterocycles. The molecule has 0 aliphatic carbocycles. The normalized spacial score (nSPS) is 12.1. The Morgan fingerprint density at radius 2 is 1.79 bits per heavy atom. The number of nitrogens with zero attached hydrogens (tertiary/aromatic N) is 2. The maximum absolute atomic E-state index is 12.7. The number of pyridine rings is 1. The minimum absolute atomic E-state index is 0.241. The van der Waals surface area contributed by atoms with Crippen molar-refractivity contribution in [2.45, 2.75) is 26.2 Å². The molecular weight excluding hydrogens is 317 g/mol. The van der Waals surface area contributed by atoms with Crippen molar-refractivity contribution >= 4 is 5.96 Å². The molecule has 2 rings (SSSR count).